The molecule has 1 aromatic carbocycles. The van der Waals surface area contributed by atoms with Gasteiger partial charge < -0.3 is 5.73 Å². The van der Waals surface area contributed by atoms with Crippen molar-refractivity contribution < 1.29 is 0 Å². The molecule has 2 nitrogen and oxygen atoms in total. The second-order valence-corrected chi connectivity index (χ2v) is 5.08. The SMILES string of the molecule is CC(C)Cc1cc(C(N)=S)c2ccccc2n1. The van der Waals surface area contributed by atoms with Crippen LogP contribution in [0.15, 0.2) is 30.3 Å². The fourth-order valence-electron chi connectivity index (χ4n) is 1.96. The number of hydrogen-bond donors (Lipinski definition) is 1. The van der Waals surface area contributed by atoms with Crippen molar-refractivity contribution in [2.45, 2.75) is 20.3 Å². The smallest absolute Gasteiger partial charge is 0.104 e. The number of aromatic nitrogens is 1. The van der Waals surface area contributed by atoms with Crippen LogP contribution in [-0.4, -0.2) is 9.97 Å². The van der Waals surface area contributed by atoms with E-state index in [1.54, 1.807) is 0 Å². The number of para-hydroxylation sites is 1. The van der Waals surface area contributed by atoms with Gasteiger partial charge in [0.2, 0.25) is 0 Å². The molecule has 2 aromatic rings. The van der Waals surface area contributed by atoms with E-state index in [4.69, 9.17) is 18.0 Å². The topological polar surface area (TPSA) is 38.9 Å². The van der Waals surface area contributed by atoms with Crippen molar-refractivity contribution >= 4 is 28.1 Å². The number of thiocarbonyl (C=S) groups is 1. The summed E-state index contributed by atoms with van der Waals surface area (Å²) in [5, 5.41) is 1.03. The minimum atomic E-state index is 0.439. The Kier molecular flexibility index (Phi) is 3.38. The van der Waals surface area contributed by atoms with Gasteiger partial charge in [0.25, 0.3) is 0 Å². The van der Waals surface area contributed by atoms with E-state index < -0.39 is 0 Å². The molecule has 88 valence electrons. The molecule has 0 saturated carbocycles. The maximum absolute atomic E-state index is 5.78. The van der Waals surface area contributed by atoms with Gasteiger partial charge in [-0.1, -0.05) is 44.3 Å². The molecule has 0 aliphatic carbocycles. The predicted octanol–water partition coefficient (Wildman–Crippen LogP) is 3.07. The molecule has 0 radical (unpaired) electrons. The highest BCUT2D eigenvalue weighted by molar-refractivity contribution is 7.80. The van der Waals surface area contributed by atoms with Gasteiger partial charge in [-0.05, 0) is 24.5 Å². The molecule has 0 unspecified atom stereocenters. The maximum atomic E-state index is 5.78. The minimum absolute atomic E-state index is 0.439. The van der Waals surface area contributed by atoms with Gasteiger partial charge in [-0.25, -0.2) is 0 Å². The predicted molar refractivity (Wildman–Crippen MR) is 76.2 cm³/mol. The van der Waals surface area contributed by atoms with Gasteiger partial charge in [0.05, 0.1) is 5.52 Å². The van der Waals surface area contributed by atoms with E-state index >= 15 is 0 Å². The molecule has 0 atom stereocenters. The lowest BCUT2D eigenvalue weighted by molar-refractivity contribution is 0.637. The third-order valence-corrected chi connectivity index (χ3v) is 2.87. The fourth-order valence-corrected chi connectivity index (χ4v) is 2.13. The van der Waals surface area contributed by atoms with Gasteiger partial charge in [0.1, 0.15) is 4.99 Å². The first kappa shape index (κ1) is 12.0. The Morgan fingerprint density at radius 2 is 2.06 bits per heavy atom. The average molecular weight is 244 g/mol. The van der Waals surface area contributed by atoms with Crippen LogP contribution in [0.1, 0.15) is 25.1 Å². The van der Waals surface area contributed by atoms with Gasteiger partial charge >= 0.3 is 0 Å². The summed E-state index contributed by atoms with van der Waals surface area (Å²) in [5.41, 5.74) is 8.74. The number of pyridine rings is 1. The van der Waals surface area contributed by atoms with Crippen molar-refractivity contribution in [3.63, 3.8) is 0 Å². The first-order valence-corrected chi connectivity index (χ1v) is 6.17. The lowest BCUT2D eigenvalue weighted by Crippen LogP contribution is -2.12. The monoisotopic (exact) mass is 244 g/mol. The first-order chi connectivity index (χ1) is 8.08. The molecule has 0 spiro atoms. The summed E-state index contributed by atoms with van der Waals surface area (Å²) >= 11 is 5.11. The van der Waals surface area contributed by atoms with Crippen LogP contribution in [0.4, 0.5) is 0 Å². The first-order valence-electron chi connectivity index (χ1n) is 5.76. The summed E-state index contributed by atoms with van der Waals surface area (Å²) in [6.45, 7) is 4.36. The highest BCUT2D eigenvalue weighted by atomic mass is 32.1. The molecule has 2 N–H and O–H groups in total. The maximum Gasteiger partial charge on any atom is 0.104 e. The van der Waals surface area contributed by atoms with Crippen molar-refractivity contribution in [3.05, 3.63) is 41.6 Å². The van der Waals surface area contributed by atoms with E-state index in [1.165, 1.54) is 0 Å². The zero-order valence-corrected chi connectivity index (χ0v) is 10.9. The highest BCUT2D eigenvalue weighted by Crippen LogP contribution is 2.19. The van der Waals surface area contributed by atoms with E-state index in [-0.39, 0.29) is 0 Å². The molecule has 0 aliphatic rings. The number of rotatable bonds is 3. The lowest BCUT2D eigenvalue weighted by atomic mass is 10.0. The molecule has 0 amide bonds. The third kappa shape index (κ3) is 2.61. The summed E-state index contributed by atoms with van der Waals surface area (Å²) in [4.78, 5) is 5.08. The second-order valence-electron chi connectivity index (χ2n) is 4.64. The van der Waals surface area contributed by atoms with Gasteiger partial charge in [0.15, 0.2) is 0 Å². The molecule has 17 heavy (non-hydrogen) atoms. The number of hydrogen-bond acceptors (Lipinski definition) is 2. The molecular weight excluding hydrogens is 228 g/mol. The van der Waals surface area contributed by atoms with E-state index in [2.05, 4.69) is 18.8 Å². The Labute approximate surface area is 107 Å². The van der Waals surface area contributed by atoms with Crippen LogP contribution < -0.4 is 5.73 Å². The Balaban J connectivity index is 2.63. The van der Waals surface area contributed by atoms with E-state index in [9.17, 15) is 0 Å². The molecule has 2 rings (SSSR count). The van der Waals surface area contributed by atoms with Crippen LogP contribution in [0.2, 0.25) is 0 Å². The second kappa shape index (κ2) is 4.80. The summed E-state index contributed by atoms with van der Waals surface area (Å²) in [5.74, 6) is 0.572. The molecule has 0 aliphatic heterocycles. The quantitative estimate of drug-likeness (QED) is 0.843. The molecule has 3 heteroatoms. The van der Waals surface area contributed by atoms with Crippen molar-refractivity contribution in [2.75, 3.05) is 0 Å². The van der Waals surface area contributed by atoms with Gasteiger partial charge in [-0.3, -0.25) is 4.98 Å². The molecule has 1 heterocycles. The number of nitrogens with zero attached hydrogens (tertiary/aromatic N) is 1. The zero-order valence-electron chi connectivity index (χ0n) is 10.1. The summed E-state index contributed by atoms with van der Waals surface area (Å²) in [6, 6.07) is 9.99. The van der Waals surface area contributed by atoms with Crippen LogP contribution >= 0.6 is 12.2 Å². The largest absolute Gasteiger partial charge is 0.389 e. The number of nitrogens with two attached hydrogens (primary N) is 1. The van der Waals surface area contributed by atoms with Crippen molar-refractivity contribution in [1.82, 2.24) is 4.98 Å². The Morgan fingerprint density at radius 3 is 2.71 bits per heavy atom. The fraction of sp³-hybridized carbons (Fsp3) is 0.286. The van der Waals surface area contributed by atoms with Gasteiger partial charge in [-0.2, -0.15) is 0 Å². The van der Waals surface area contributed by atoms with Crippen LogP contribution in [-0.2, 0) is 6.42 Å². The minimum Gasteiger partial charge on any atom is -0.389 e. The number of benzene rings is 1. The van der Waals surface area contributed by atoms with Gasteiger partial charge in [0, 0.05) is 16.6 Å². The van der Waals surface area contributed by atoms with E-state index in [1.807, 2.05) is 30.3 Å². The van der Waals surface area contributed by atoms with Crippen LogP contribution in [0.5, 0.6) is 0 Å². The molecule has 0 bridgehead atoms. The van der Waals surface area contributed by atoms with E-state index in [0.29, 0.717) is 10.9 Å². The normalized spacial score (nSPS) is 11.0. The van der Waals surface area contributed by atoms with Crippen molar-refractivity contribution in [1.29, 1.82) is 0 Å². The molecule has 0 fully saturated rings. The van der Waals surface area contributed by atoms with Crippen molar-refractivity contribution in [3.8, 4) is 0 Å². The summed E-state index contributed by atoms with van der Waals surface area (Å²) in [6.07, 6.45) is 0.945. The zero-order chi connectivity index (χ0) is 12.4. The molecular formula is C14H16N2S. The lowest BCUT2D eigenvalue weighted by Gasteiger charge is -2.09. The average Bonchev–Trinajstić information content (AvgIpc) is 2.27. The summed E-state index contributed by atoms with van der Waals surface area (Å²) < 4.78 is 0. The third-order valence-electron chi connectivity index (χ3n) is 2.65. The van der Waals surface area contributed by atoms with E-state index in [0.717, 1.165) is 28.6 Å². The Morgan fingerprint density at radius 1 is 1.35 bits per heavy atom. The highest BCUT2D eigenvalue weighted by Gasteiger charge is 2.08. The van der Waals surface area contributed by atoms with Gasteiger partial charge in [-0.15, -0.1) is 0 Å². The Hall–Kier alpha value is -1.48. The van der Waals surface area contributed by atoms with Crippen molar-refractivity contribution in [2.24, 2.45) is 11.7 Å². The Bertz CT molecular complexity index is 561. The summed E-state index contributed by atoms with van der Waals surface area (Å²) in [7, 11) is 0. The van der Waals surface area contributed by atoms with Crippen LogP contribution in [0.25, 0.3) is 10.9 Å². The number of fused-ring (bicyclic) bond motifs is 1. The standard InChI is InChI=1S/C14H16N2S/c1-9(2)7-10-8-12(14(15)17)11-5-3-4-6-13(11)16-10/h3-6,8-9H,7H2,1-2H3,(H2,15,17). The molecule has 0 saturated heterocycles. The molecule has 1 aromatic heterocycles. The van der Waals surface area contributed by atoms with Crippen LogP contribution in [0.3, 0.4) is 0 Å². The van der Waals surface area contributed by atoms with Crippen LogP contribution in [0, 0.1) is 5.92 Å².